The van der Waals surface area contributed by atoms with Gasteiger partial charge in [-0.2, -0.15) is 5.10 Å². The highest BCUT2D eigenvalue weighted by atomic mass is 35.5. The van der Waals surface area contributed by atoms with Gasteiger partial charge in [0.2, 0.25) is 5.91 Å². The van der Waals surface area contributed by atoms with Crippen molar-refractivity contribution in [2.24, 2.45) is 0 Å². The molecule has 0 radical (unpaired) electrons. The van der Waals surface area contributed by atoms with Crippen molar-refractivity contribution < 1.29 is 4.79 Å². The molecule has 0 unspecified atom stereocenters. The van der Waals surface area contributed by atoms with Crippen LogP contribution in [0.1, 0.15) is 11.3 Å². The second-order valence-electron chi connectivity index (χ2n) is 7.52. The van der Waals surface area contributed by atoms with Gasteiger partial charge in [0.15, 0.2) is 0 Å². The summed E-state index contributed by atoms with van der Waals surface area (Å²) in [5.41, 5.74) is 9.56. The van der Waals surface area contributed by atoms with E-state index in [2.05, 4.69) is 25.1 Å². The van der Waals surface area contributed by atoms with Crippen molar-refractivity contribution in [2.45, 2.75) is 13.1 Å². The van der Waals surface area contributed by atoms with Crippen LogP contribution < -0.4 is 5.73 Å². The monoisotopic (exact) mass is 453 g/mol. The average molecular weight is 454 g/mol. The zero-order chi connectivity index (χ0) is 21.4. The highest BCUT2D eigenvalue weighted by molar-refractivity contribution is 7.19. The largest absolute Gasteiger partial charge is 0.383 e. The number of rotatable bonds is 5. The highest BCUT2D eigenvalue weighted by Crippen LogP contribution is 2.30. The number of hydrogen-bond acceptors (Lipinski definition) is 7. The number of piperazine rings is 1. The zero-order valence-electron chi connectivity index (χ0n) is 16.6. The van der Waals surface area contributed by atoms with Crippen LogP contribution in [-0.4, -0.2) is 55.5 Å². The number of anilines is 1. The molecule has 0 bridgehead atoms. The molecule has 5 rings (SSSR count). The lowest BCUT2D eigenvalue weighted by Crippen LogP contribution is -2.49. The molecule has 158 valence electrons. The lowest BCUT2D eigenvalue weighted by molar-refractivity contribution is -0.136. The topological polar surface area (TPSA) is 104 Å². The van der Waals surface area contributed by atoms with Gasteiger partial charge in [0.05, 0.1) is 21.3 Å². The van der Waals surface area contributed by atoms with Crippen LogP contribution >= 0.6 is 22.9 Å². The zero-order valence-corrected chi connectivity index (χ0v) is 18.2. The molecule has 1 aliphatic rings. The number of nitrogens with two attached hydrogens (primary N) is 1. The molecular formula is C21H20ClN7OS. The Morgan fingerprint density at radius 3 is 2.84 bits per heavy atom. The molecule has 1 amide bonds. The normalized spacial score (nSPS) is 15.1. The Hall–Kier alpha value is -3.01. The molecule has 1 aliphatic heterocycles. The molecule has 4 heterocycles. The van der Waals surface area contributed by atoms with Crippen LogP contribution in [-0.2, 0) is 17.9 Å². The minimum atomic E-state index is 0.110. The van der Waals surface area contributed by atoms with Gasteiger partial charge in [-0.15, -0.1) is 11.3 Å². The summed E-state index contributed by atoms with van der Waals surface area (Å²) in [4.78, 5) is 26.1. The maximum Gasteiger partial charge on any atom is 0.237 e. The van der Waals surface area contributed by atoms with E-state index in [9.17, 15) is 4.79 Å². The molecule has 3 N–H and O–H groups in total. The first kappa shape index (κ1) is 19.9. The summed E-state index contributed by atoms with van der Waals surface area (Å²) < 4.78 is 0.739. The van der Waals surface area contributed by atoms with E-state index in [1.807, 2.05) is 41.3 Å². The van der Waals surface area contributed by atoms with Crippen LogP contribution in [0.2, 0.25) is 4.34 Å². The van der Waals surface area contributed by atoms with Crippen molar-refractivity contribution in [2.75, 3.05) is 25.4 Å². The first-order valence-electron chi connectivity index (χ1n) is 9.84. The van der Waals surface area contributed by atoms with E-state index in [-0.39, 0.29) is 5.91 Å². The van der Waals surface area contributed by atoms with E-state index in [0.29, 0.717) is 32.0 Å². The summed E-state index contributed by atoms with van der Waals surface area (Å²) in [7, 11) is 0. The number of halogens is 1. The minimum absolute atomic E-state index is 0.110. The highest BCUT2D eigenvalue weighted by Gasteiger charge is 2.24. The van der Waals surface area contributed by atoms with Gasteiger partial charge in [0, 0.05) is 37.3 Å². The second-order valence-corrected chi connectivity index (χ2v) is 9.23. The molecule has 1 saturated heterocycles. The molecule has 1 aromatic carbocycles. The number of aromatic nitrogens is 4. The Bertz CT molecular complexity index is 1250. The summed E-state index contributed by atoms with van der Waals surface area (Å²) >= 11 is 7.51. The number of carbonyl (C=O) groups is 1. The molecule has 10 heteroatoms. The lowest BCUT2D eigenvalue weighted by Gasteiger charge is -2.34. The van der Waals surface area contributed by atoms with Gasteiger partial charge in [0.1, 0.15) is 17.8 Å². The standard InChI is InChI=1S/C21H20ClN7OS/c22-19-4-3-18(31-19)17-8-14(26-27-17)10-28-5-6-29(20(30)11-28)9-13-1-2-15-16(7-13)24-12-25-21(15)23/h1-4,7-8,12H,5-6,9-11H2,(H,26,27)(H2,23,24,25). The predicted octanol–water partition coefficient (Wildman–Crippen LogP) is 3.16. The number of H-pyrrole nitrogens is 1. The van der Waals surface area contributed by atoms with Gasteiger partial charge in [-0.05, 0) is 35.9 Å². The van der Waals surface area contributed by atoms with Gasteiger partial charge in [0.25, 0.3) is 0 Å². The molecule has 0 saturated carbocycles. The van der Waals surface area contributed by atoms with Gasteiger partial charge in [-0.3, -0.25) is 14.8 Å². The molecule has 8 nitrogen and oxygen atoms in total. The van der Waals surface area contributed by atoms with Gasteiger partial charge < -0.3 is 10.6 Å². The van der Waals surface area contributed by atoms with Crippen LogP contribution in [0.4, 0.5) is 5.82 Å². The molecule has 0 spiro atoms. The maximum absolute atomic E-state index is 12.7. The second kappa shape index (κ2) is 8.26. The Balaban J connectivity index is 1.21. The van der Waals surface area contributed by atoms with Crippen molar-refractivity contribution in [3.63, 3.8) is 0 Å². The molecule has 31 heavy (non-hydrogen) atoms. The Kier molecular flexibility index (Phi) is 5.31. The van der Waals surface area contributed by atoms with Crippen molar-refractivity contribution in [1.82, 2.24) is 30.0 Å². The number of carbonyl (C=O) groups excluding carboxylic acids is 1. The smallest absolute Gasteiger partial charge is 0.237 e. The first-order chi connectivity index (χ1) is 15.0. The first-order valence-corrected chi connectivity index (χ1v) is 11.0. The van der Waals surface area contributed by atoms with Crippen molar-refractivity contribution >= 4 is 45.6 Å². The fourth-order valence-corrected chi connectivity index (χ4v) is 4.77. The van der Waals surface area contributed by atoms with Crippen LogP contribution in [0.5, 0.6) is 0 Å². The van der Waals surface area contributed by atoms with Crippen LogP contribution in [0.3, 0.4) is 0 Å². The van der Waals surface area contributed by atoms with Crippen LogP contribution in [0, 0.1) is 0 Å². The Morgan fingerprint density at radius 1 is 1.13 bits per heavy atom. The summed E-state index contributed by atoms with van der Waals surface area (Å²) in [5.74, 6) is 0.573. The number of nitrogen functional groups attached to an aromatic ring is 1. The van der Waals surface area contributed by atoms with E-state index in [0.717, 1.165) is 43.6 Å². The fourth-order valence-electron chi connectivity index (χ4n) is 3.76. The van der Waals surface area contributed by atoms with E-state index < -0.39 is 0 Å². The summed E-state index contributed by atoms with van der Waals surface area (Å²) in [5, 5.41) is 8.27. The fraction of sp³-hybridized carbons (Fsp3) is 0.238. The SMILES string of the molecule is Nc1ncnc2cc(CN3CCN(Cc4cc(-c5ccc(Cl)s5)n[nH]4)CC3=O)ccc12. The number of amides is 1. The number of benzene rings is 1. The Labute approximate surface area is 187 Å². The van der Waals surface area contributed by atoms with Crippen molar-refractivity contribution in [1.29, 1.82) is 0 Å². The number of hydrogen-bond donors (Lipinski definition) is 2. The third kappa shape index (κ3) is 4.25. The minimum Gasteiger partial charge on any atom is -0.383 e. The van der Waals surface area contributed by atoms with Crippen LogP contribution in [0.25, 0.3) is 21.5 Å². The number of nitrogens with one attached hydrogen (secondary N) is 1. The number of fused-ring (bicyclic) bond motifs is 1. The van der Waals surface area contributed by atoms with Gasteiger partial charge in [-0.1, -0.05) is 17.7 Å². The van der Waals surface area contributed by atoms with E-state index in [1.54, 1.807) is 0 Å². The lowest BCUT2D eigenvalue weighted by atomic mass is 10.1. The van der Waals surface area contributed by atoms with Gasteiger partial charge in [-0.25, -0.2) is 9.97 Å². The average Bonchev–Trinajstić information content (AvgIpc) is 3.39. The molecule has 1 fully saturated rings. The molecule has 4 aromatic rings. The van der Waals surface area contributed by atoms with E-state index in [1.165, 1.54) is 17.7 Å². The quantitative estimate of drug-likeness (QED) is 0.481. The van der Waals surface area contributed by atoms with Crippen LogP contribution in [0.15, 0.2) is 42.7 Å². The molecule has 0 aliphatic carbocycles. The predicted molar refractivity (Wildman–Crippen MR) is 122 cm³/mol. The van der Waals surface area contributed by atoms with E-state index >= 15 is 0 Å². The third-order valence-corrected chi connectivity index (χ3v) is 6.61. The van der Waals surface area contributed by atoms with Gasteiger partial charge >= 0.3 is 0 Å². The molecular weight excluding hydrogens is 434 g/mol. The Morgan fingerprint density at radius 2 is 2.03 bits per heavy atom. The number of thiophene rings is 1. The number of aromatic amines is 1. The van der Waals surface area contributed by atoms with Crippen molar-refractivity contribution in [3.05, 3.63) is 58.3 Å². The maximum atomic E-state index is 12.7. The summed E-state index contributed by atoms with van der Waals surface area (Å²) in [6.07, 6.45) is 1.46. The molecule has 0 atom stereocenters. The van der Waals surface area contributed by atoms with Crippen molar-refractivity contribution in [3.8, 4) is 10.6 Å². The summed E-state index contributed by atoms with van der Waals surface area (Å²) in [6.45, 7) is 3.05. The third-order valence-electron chi connectivity index (χ3n) is 5.35. The number of nitrogens with zero attached hydrogens (tertiary/aromatic N) is 5. The molecule has 3 aromatic heterocycles. The summed E-state index contributed by atoms with van der Waals surface area (Å²) in [6, 6.07) is 11.7. The van der Waals surface area contributed by atoms with E-state index in [4.69, 9.17) is 17.3 Å².